The molecule has 0 saturated carbocycles. The average Bonchev–Trinajstić information content (AvgIpc) is 3.10. The minimum Gasteiger partial charge on any atom is -0.360 e. The van der Waals surface area contributed by atoms with Gasteiger partial charge in [0, 0.05) is 17.5 Å². The molecule has 2 aromatic heterocycles. The number of hydrogen-bond acceptors (Lipinski definition) is 6. The normalized spacial score (nSPS) is 12.2. The first-order chi connectivity index (χ1) is 10.5. The number of carbonyl (C=O) groups is 2. The van der Waals surface area contributed by atoms with Gasteiger partial charge in [0.1, 0.15) is 5.76 Å². The van der Waals surface area contributed by atoms with Gasteiger partial charge in [-0.05, 0) is 32.5 Å². The molecule has 0 aliphatic heterocycles. The van der Waals surface area contributed by atoms with Gasteiger partial charge in [0.15, 0.2) is 5.82 Å². The van der Waals surface area contributed by atoms with E-state index in [-0.39, 0.29) is 11.9 Å². The Bertz CT molecular complexity index is 636. The van der Waals surface area contributed by atoms with Crippen LogP contribution >= 0.6 is 11.3 Å². The van der Waals surface area contributed by atoms with Gasteiger partial charge in [0.05, 0.1) is 6.04 Å². The van der Waals surface area contributed by atoms with E-state index in [9.17, 15) is 9.59 Å². The van der Waals surface area contributed by atoms with Gasteiger partial charge in [-0.3, -0.25) is 14.9 Å². The van der Waals surface area contributed by atoms with Crippen LogP contribution in [0, 0.1) is 6.92 Å². The van der Waals surface area contributed by atoms with Crippen LogP contribution in [0.5, 0.6) is 0 Å². The van der Waals surface area contributed by atoms with E-state index in [1.165, 1.54) is 0 Å². The number of aromatic nitrogens is 1. The molecule has 2 heterocycles. The zero-order chi connectivity index (χ0) is 16.1. The summed E-state index contributed by atoms with van der Waals surface area (Å²) in [5, 5.41) is 10.6. The van der Waals surface area contributed by atoms with Gasteiger partial charge in [0.25, 0.3) is 0 Å². The molecule has 2 rings (SSSR count). The molecular formula is C14H18N4O3S. The summed E-state index contributed by atoms with van der Waals surface area (Å²) in [6, 6.07) is 5.52. The van der Waals surface area contributed by atoms with Crippen molar-refractivity contribution in [2.75, 3.05) is 26.0 Å². The topological polar surface area (TPSA) is 87.5 Å². The standard InChI is InChI=1S/C14H18N4O3S/c1-9-7-12(17-21-9)16-14(20)13(19)15-8-10(18(2)3)11-5-4-6-22-11/h4-7,10H,8H2,1-3H3,(H,15,19)(H,16,17,20)/t10-/m1/s1. The van der Waals surface area contributed by atoms with Crippen molar-refractivity contribution in [3.63, 3.8) is 0 Å². The Morgan fingerprint density at radius 3 is 2.73 bits per heavy atom. The molecule has 0 radical (unpaired) electrons. The molecule has 0 aliphatic carbocycles. The van der Waals surface area contributed by atoms with Gasteiger partial charge in [-0.1, -0.05) is 11.2 Å². The van der Waals surface area contributed by atoms with Crippen LogP contribution in [-0.2, 0) is 9.59 Å². The summed E-state index contributed by atoms with van der Waals surface area (Å²) in [7, 11) is 3.85. The molecular weight excluding hydrogens is 304 g/mol. The summed E-state index contributed by atoms with van der Waals surface area (Å²) < 4.78 is 4.82. The van der Waals surface area contributed by atoms with Crippen LogP contribution in [0.1, 0.15) is 16.7 Å². The van der Waals surface area contributed by atoms with E-state index in [2.05, 4.69) is 15.8 Å². The molecule has 0 aliphatic rings. The predicted octanol–water partition coefficient (Wildman–Crippen LogP) is 1.40. The van der Waals surface area contributed by atoms with Gasteiger partial charge in [0.2, 0.25) is 0 Å². The summed E-state index contributed by atoms with van der Waals surface area (Å²) >= 11 is 1.61. The van der Waals surface area contributed by atoms with Crippen molar-refractivity contribution in [1.82, 2.24) is 15.4 Å². The Hall–Kier alpha value is -2.19. The smallest absolute Gasteiger partial charge is 0.314 e. The molecule has 0 spiro atoms. The monoisotopic (exact) mass is 322 g/mol. The highest BCUT2D eigenvalue weighted by molar-refractivity contribution is 7.10. The lowest BCUT2D eigenvalue weighted by molar-refractivity contribution is -0.136. The zero-order valence-electron chi connectivity index (χ0n) is 12.6. The van der Waals surface area contributed by atoms with Crippen molar-refractivity contribution in [3.8, 4) is 0 Å². The molecule has 0 unspecified atom stereocenters. The minimum absolute atomic E-state index is 0.0195. The third-order valence-electron chi connectivity index (χ3n) is 3.03. The maximum Gasteiger partial charge on any atom is 0.314 e. The van der Waals surface area contributed by atoms with Gasteiger partial charge in [-0.2, -0.15) is 0 Å². The first kappa shape index (κ1) is 16.2. The van der Waals surface area contributed by atoms with Gasteiger partial charge in [-0.15, -0.1) is 11.3 Å². The molecule has 1 atom stereocenters. The Balaban J connectivity index is 1.89. The van der Waals surface area contributed by atoms with Crippen molar-refractivity contribution >= 4 is 29.0 Å². The maximum absolute atomic E-state index is 11.9. The van der Waals surface area contributed by atoms with Crippen LogP contribution in [0.4, 0.5) is 5.82 Å². The lowest BCUT2D eigenvalue weighted by Crippen LogP contribution is -2.40. The number of nitrogens with zero attached hydrogens (tertiary/aromatic N) is 2. The fourth-order valence-corrected chi connectivity index (χ4v) is 2.81. The Kier molecular flexibility index (Phi) is 5.29. The highest BCUT2D eigenvalue weighted by Gasteiger charge is 2.20. The molecule has 0 aromatic carbocycles. The number of carbonyl (C=O) groups excluding carboxylic acids is 2. The number of anilines is 1. The molecule has 0 bridgehead atoms. The van der Waals surface area contributed by atoms with E-state index in [0.29, 0.717) is 12.3 Å². The lowest BCUT2D eigenvalue weighted by atomic mass is 10.2. The van der Waals surface area contributed by atoms with Crippen LogP contribution < -0.4 is 10.6 Å². The Morgan fingerprint density at radius 2 is 2.18 bits per heavy atom. The van der Waals surface area contributed by atoms with Crippen LogP contribution in [0.2, 0.25) is 0 Å². The van der Waals surface area contributed by atoms with E-state index in [1.54, 1.807) is 24.3 Å². The molecule has 118 valence electrons. The SMILES string of the molecule is Cc1cc(NC(=O)C(=O)NC[C@H](c2cccs2)N(C)C)no1. The summed E-state index contributed by atoms with van der Waals surface area (Å²) in [6.07, 6.45) is 0. The van der Waals surface area contributed by atoms with Crippen LogP contribution in [-0.4, -0.2) is 42.5 Å². The van der Waals surface area contributed by atoms with Gasteiger partial charge < -0.3 is 14.7 Å². The van der Waals surface area contributed by atoms with E-state index < -0.39 is 11.8 Å². The molecule has 2 N–H and O–H groups in total. The molecule has 2 amide bonds. The number of nitrogens with one attached hydrogen (secondary N) is 2. The van der Waals surface area contributed by atoms with E-state index in [0.717, 1.165) is 4.88 Å². The molecule has 7 nitrogen and oxygen atoms in total. The zero-order valence-corrected chi connectivity index (χ0v) is 13.4. The van der Waals surface area contributed by atoms with Crippen molar-refractivity contribution < 1.29 is 14.1 Å². The maximum atomic E-state index is 11.9. The van der Waals surface area contributed by atoms with E-state index >= 15 is 0 Å². The summed E-state index contributed by atoms with van der Waals surface area (Å²) in [6.45, 7) is 2.04. The van der Waals surface area contributed by atoms with Crippen molar-refractivity contribution in [2.45, 2.75) is 13.0 Å². The van der Waals surface area contributed by atoms with Crippen LogP contribution in [0.3, 0.4) is 0 Å². The highest BCUT2D eigenvalue weighted by atomic mass is 32.1. The predicted molar refractivity (Wildman–Crippen MR) is 83.6 cm³/mol. The van der Waals surface area contributed by atoms with Crippen molar-refractivity contribution in [2.24, 2.45) is 0 Å². The number of hydrogen-bond donors (Lipinski definition) is 2. The average molecular weight is 322 g/mol. The minimum atomic E-state index is -0.767. The van der Waals surface area contributed by atoms with Gasteiger partial charge >= 0.3 is 11.8 Å². The van der Waals surface area contributed by atoms with Crippen molar-refractivity contribution in [3.05, 3.63) is 34.2 Å². The fraction of sp³-hybridized carbons (Fsp3) is 0.357. The van der Waals surface area contributed by atoms with Crippen LogP contribution in [0.15, 0.2) is 28.1 Å². The number of aryl methyl sites for hydroxylation is 1. The first-order valence-electron chi connectivity index (χ1n) is 6.69. The second kappa shape index (κ2) is 7.19. The third kappa shape index (κ3) is 4.15. The number of thiophene rings is 1. The largest absolute Gasteiger partial charge is 0.360 e. The summed E-state index contributed by atoms with van der Waals surface area (Å²) in [4.78, 5) is 26.7. The van der Waals surface area contributed by atoms with Gasteiger partial charge in [-0.25, -0.2) is 0 Å². The second-order valence-electron chi connectivity index (χ2n) is 4.98. The molecule has 0 fully saturated rings. The molecule has 0 saturated heterocycles. The summed E-state index contributed by atoms with van der Waals surface area (Å²) in [5.41, 5.74) is 0. The van der Waals surface area contributed by atoms with E-state index in [1.807, 2.05) is 36.5 Å². The van der Waals surface area contributed by atoms with Crippen LogP contribution in [0.25, 0.3) is 0 Å². The second-order valence-corrected chi connectivity index (χ2v) is 5.96. The first-order valence-corrected chi connectivity index (χ1v) is 7.57. The van der Waals surface area contributed by atoms with Crippen molar-refractivity contribution in [1.29, 1.82) is 0 Å². The number of amides is 2. The quantitative estimate of drug-likeness (QED) is 0.813. The fourth-order valence-electron chi connectivity index (χ4n) is 1.89. The summed E-state index contributed by atoms with van der Waals surface area (Å²) in [5.74, 6) is -0.692. The third-order valence-corrected chi connectivity index (χ3v) is 4.00. The Morgan fingerprint density at radius 1 is 1.41 bits per heavy atom. The lowest BCUT2D eigenvalue weighted by Gasteiger charge is -2.23. The molecule has 22 heavy (non-hydrogen) atoms. The highest BCUT2D eigenvalue weighted by Crippen LogP contribution is 2.22. The molecule has 2 aromatic rings. The number of likely N-dealkylation sites (N-methyl/N-ethyl adjacent to an activating group) is 1. The Labute approximate surface area is 132 Å². The van der Waals surface area contributed by atoms with E-state index in [4.69, 9.17) is 4.52 Å². The molecule has 8 heteroatoms. The number of rotatable bonds is 5.